The smallest absolute Gasteiger partial charge is 1.00 e. The summed E-state index contributed by atoms with van der Waals surface area (Å²) in [5.41, 5.74) is 0. The number of hydrogen-bond donors (Lipinski definition) is 7. The second kappa shape index (κ2) is 7.26. The molecule has 1 aliphatic rings. The Labute approximate surface area is 132 Å². The minimum Gasteiger partial charge on any atom is -1.00 e. The summed E-state index contributed by atoms with van der Waals surface area (Å²) >= 11 is 0. The summed E-state index contributed by atoms with van der Waals surface area (Å²) in [6.45, 7) is -0.733. The standard InChI is InChI=1S/C8H17O9P.Na.H/c9-3-4-5(10)6(11)7(12)8(13,17-4)1-2-18(14,15)16;;/h4-7,9-13H,1-3H2,(H2,14,15,16);;/q;+1;-1/t4-,5-,6+,7-,8-;;/m1../s1. The van der Waals surface area contributed by atoms with Crippen LogP contribution in [0.2, 0.25) is 0 Å². The van der Waals surface area contributed by atoms with Crippen molar-refractivity contribution in [3.8, 4) is 0 Å². The molecule has 1 aliphatic heterocycles. The Morgan fingerprint density at radius 1 is 1.21 bits per heavy atom. The van der Waals surface area contributed by atoms with Crippen LogP contribution in [0, 0.1) is 0 Å². The van der Waals surface area contributed by atoms with Crippen molar-refractivity contribution in [1.82, 2.24) is 0 Å². The van der Waals surface area contributed by atoms with Gasteiger partial charge in [0, 0.05) is 6.42 Å². The van der Waals surface area contributed by atoms with Gasteiger partial charge in [-0.3, -0.25) is 4.57 Å². The summed E-state index contributed by atoms with van der Waals surface area (Å²) in [6.07, 6.45) is -8.13. The molecule has 7 N–H and O–H groups in total. The van der Waals surface area contributed by atoms with Gasteiger partial charge in [0.25, 0.3) is 0 Å². The van der Waals surface area contributed by atoms with Crippen LogP contribution in [0.4, 0.5) is 0 Å². The zero-order chi connectivity index (χ0) is 14.1. The Bertz CT molecular complexity index is 340. The van der Waals surface area contributed by atoms with E-state index in [0.717, 1.165) is 0 Å². The van der Waals surface area contributed by atoms with Crippen molar-refractivity contribution in [3.05, 3.63) is 0 Å². The Morgan fingerprint density at radius 3 is 2.16 bits per heavy atom. The third-order valence-electron chi connectivity index (χ3n) is 2.81. The van der Waals surface area contributed by atoms with Crippen LogP contribution in [-0.2, 0) is 9.30 Å². The molecule has 1 rings (SSSR count). The fourth-order valence-corrected chi connectivity index (χ4v) is 2.34. The third kappa shape index (κ3) is 4.99. The molecule has 0 aromatic rings. The van der Waals surface area contributed by atoms with Crippen molar-refractivity contribution in [2.75, 3.05) is 12.8 Å². The van der Waals surface area contributed by atoms with Crippen LogP contribution in [0.3, 0.4) is 0 Å². The molecule has 0 radical (unpaired) electrons. The monoisotopic (exact) mass is 312 g/mol. The zero-order valence-corrected chi connectivity index (χ0v) is 13.2. The van der Waals surface area contributed by atoms with Gasteiger partial charge in [0.15, 0.2) is 5.79 Å². The van der Waals surface area contributed by atoms with Gasteiger partial charge in [-0.05, 0) is 0 Å². The maximum Gasteiger partial charge on any atom is 1.00 e. The molecule has 19 heavy (non-hydrogen) atoms. The molecule has 11 heteroatoms. The number of rotatable bonds is 4. The molecule has 9 nitrogen and oxygen atoms in total. The molecule has 0 spiro atoms. The average molecular weight is 312 g/mol. The van der Waals surface area contributed by atoms with Gasteiger partial charge in [0.1, 0.15) is 24.4 Å². The van der Waals surface area contributed by atoms with Crippen molar-refractivity contribution in [2.45, 2.75) is 36.6 Å². The third-order valence-corrected chi connectivity index (χ3v) is 3.62. The normalized spacial score (nSPS) is 39.7. The second-order valence-corrected chi connectivity index (χ2v) is 6.02. The topological polar surface area (TPSA) is 168 Å². The average Bonchev–Trinajstić information content (AvgIpc) is 2.28. The number of hydrogen-bond acceptors (Lipinski definition) is 7. The van der Waals surface area contributed by atoms with Crippen molar-refractivity contribution in [2.24, 2.45) is 0 Å². The Morgan fingerprint density at radius 2 is 1.74 bits per heavy atom. The fourth-order valence-electron chi connectivity index (χ4n) is 1.73. The maximum atomic E-state index is 10.7. The SMILES string of the molecule is O=P(O)(O)CC[C@@]1(O)O[C@H](CO)[C@@H](O)[C@H](O)[C@H]1O.[H-].[Na+]. The van der Waals surface area contributed by atoms with Gasteiger partial charge < -0.3 is 41.5 Å². The van der Waals surface area contributed by atoms with E-state index in [4.69, 9.17) is 19.6 Å². The Kier molecular flexibility index (Phi) is 7.61. The van der Waals surface area contributed by atoms with E-state index in [2.05, 4.69) is 0 Å². The van der Waals surface area contributed by atoms with E-state index in [0.29, 0.717) is 0 Å². The molecule has 1 heterocycles. The first-order valence-electron chi connectivity index (χ1n) is 5.20. The largest absolute Gasteiger partial charge is 1.00 e. The van der Waals surface area contributed by atoms with Gasteiger partial charge in [-0.2, -0.15) is 0 Å². The molecular formula is C8H18NaO9P. The summed E-state index contributed by atoms with van der Waals surface area (Å²) in [7, 11) is -4.42. The molecule has 0 unspecified atom stereocenters. The number of aliphatic hydroxyl groups is 5. The van der Waals surface area contributed by atoms with Crippen LogP contribution in [0.5, 0.6) is 0 Å². The van der Waals surface area contributed by atoms with Crippen molar-refractivity contribution in [1.29, 1.82) is 0 Å². The zero-order valence-electron chi connectivity index (χ0n) is 11.3. The first-order valence-corrected chi connectivity index (χ1v) is 7.00. The minimum absolute atomic E-state index is 0. The van der Waals surface area contributed by atoms with Crippen molar-refractivity contribution >= 4 is 7.60 Å². The molecule has 0 bridgehead atoms. The molecule has 0 amide bonds. The van der Waals surface area contributed by atoms with Crippen LogP contribution in [-0.4, -0.2) is 78.3 Å². The van der Waals surface area contributed by atoms with E-state index in [1.54, 1.807) is 0 Å². The number of aliphatic hydroxyl groups excluding tert-OH is 4. The van der Waals surface area contributed by atoms with Gasteiger partial charge in [-0.1, -0.05) is 0 Å². The first kappa shape index (κ1) is 19.9. The van der Waals surface area contributed by atoms with Crippen LogP contribution in [0.15, 0.2) is 0 Å². The van der Waals surface area contributed by atoms with Crippen LogP contribution < -0.4 is 29.6 Å². The molecule has 110 valence electrons. The molecule has 5 atom stereocenters. The molecule has 0 aliphatic carbocycles. The van der Waals surface area contributed by atoms with E-state index >= 15 is 0 Å². The Hall–Kier alpha value is 0.910. The molecule has 0 aromatic heterocycles. The van der Waals surface area contributed by atoms with Crippen molar-refractivity contribution in [3.63, 3.8) is 0 Å². The summed E-state index contributed by atoms with van der Waals surface area (Å²) in [5, 5.41) is 47.2. The first-order chi connectivity index (χ1) is 8.10. The van der Waals surface area contributed by atoms with Gasteiger partial charge in [-0.15, -0.1) is 0 Å². The molecular weight excluding hydrogens is 294 g/mol. The fraction of sp³-hybridized carbons (Fsp3) is 1.00. The van der Waals surface area contributed by atoms with Crippen LogP contribution in [0.1, 0.15) is 7.85 Å². The predicted molar refractivity (Wildman–Crippen MR) is 57.6 cm³/mol. The molecule has 1 fully saturated rings. The van der Waals surface area contributed by atoms with Crippen molar-refractivity contribution < 1.29 is 75.6 Å². The minimum atomic E-state index is -4.42. The summed E-state index contributed by atoms with van der Waals surface area (Å²) in [5.74, 6) is -2.44. The molecule has 1 saturated heterocycles. The summed E-state index contributed by atoms with van der Waals surface area (Å²) in [4.78, 5) is 17.4. The van der Waals surface area contributed by atoms with Gasteiger partial charge in [0.2, 0.25) is 0 Å². The van der Waals surface area contributed by atoms with Crippen LogP contribution in [0.25, 0.3) is 0 Å². The molecule has 0 aromatic carbocycles. The van der Waals surface area contributed by atoms with E-state index in [1.165, 1.54) is 0 Å². The number of ether oxygens (including phenoxy) is 1. The maximum absolute atomic E-state index is 10.7. The van der Waals surface area contributed by atoms with Gasteiger partial charge >= 0.3 is 37.2 Å². The van der Waals surface area contributed by atoms with Gasteiger partial charge in [0.05, 0.1) is 12.8 Å². The van der Waals surface area contributed by atoms with Gasteiger partial charge in [-0.25, -0.2) is 0 Å². The van der Waals surface area contributed by atoms with Crippen LogP contribution >= 0.6 is 7.60 Å². The van der Waals surface area contributed by atoms with E-state index in [-0.39, 0.29) is 31.0 Å². The second-order valence-electron chi connectivity index (χ2n) is 4.25. The Balaban J connectivity index is 0. The predicted octanol–water partition coefficient (Wildman–Crippen LogP) is -6.17. The van der Waals surface area contributed by atoms with E-state index in [9.17, 15) is 25.0 Å². The quantitative estimate of drug-likeness (QED) is 0.197. The van der Waals surface area contributed by atoms with E-state index in [1.807, 2.05) is 0 Å². The summed E-state index contributed by atoms with van der Waals surface area (Å²) < 4.78 is 15.5. The summed E-state index contributed by atoms with van der Waals surface area (Å²) in [6, 6.07) is 0. The van der Waals surface area contributed by atoms with E-state index < -0.39 is 57.0 Å². The molecule has 0 saturated carbocycles.